The Hall–Kier alpha value is -1.89. The molecule has 1 aliphatic heterocycles. The predicted octanol–water partition coefficient (Wildman–Crippen LogP) is 2.45. The van der Waals surface area contributed by atoms with Crippen molar-refractivity contribution in [1.29, 1.82) is 0 Å². The Bertz CT molecular complexity index is 703. The Morgan fingerprint density at radius 3 is 2.80 bits per heavy atom. The van der Waals surface area contributed by atoms with Crippen molar-refractivity contribution in [2.45, 2.75) is 18.5 Å². The number of aromatic nitrogens is 2. The van der Waals surface area contributed by atoms with Gasteiger partial charge in [-0.15, -0.1) is 0 Å². The normalized spacial score (nSPS) is 19.6. The van der Waals surface area contributed by atoms with Crippen molar-refractivity contribution in [3.05, 3.63) is 39.9 Å². The molecule has 0 radical (unpaired) electrons. The third kappa shape index (κ3) is 2.29. The molecule has 1 unspecified atom stereocenters. The quantitative estimate of drug-likeness (QED) is 0.875. The van der Waals surface area contributed by atoms with Crippen LogP contribution in [0.3, 0.4) is 0 Å². The van der Waals surface area contributed by atoms with E-state index in [1.54, 1.807) is 0 Å². The highest BCUT2D eigenvalue weighted by atomic mass is 19.4. The van der Waals surface area contributed by atoms with Crippen LogP contribution < -0.4 is 5.69 Å². The number of nitrogens with one attached hydrogen (secondary N) is 1. The van der Waals surface area contributed by atoms with Crippen LogP contribution in [0.1, 0.15) is 23.6 Å². The van der Waals surface area contributed by atoms with Crippen LogP contribution in [-0.2, 0) is 10.9 Å². The van der Waals surface area contributed by atoms with E-state index in [1.165, 1.54) is 6.07 Å². The minimum absolute atomic E-state index is 0.00932. The summed E-state index contributed by atoms with van der Waals surface area (Å²) in [6, 6.07) is 3.26. The molecule has 1 saturated heterocycles. The van der Waals surface area contributed by atoms with E-state index in [-0.39, 0.29) is 11.4 Å². The molecule has 0 amide bonds. The lowest BCUT2D eigenvalue weighted by Gasteiger charge is -2.12. The van der Waals surface area contributed by atoms with Crippen molar-refractivity contribution < 1.29 is 17.9 Å². The summed E-state index contributed by atoms with van der Waals surface area (Å²) < 4.78 is 43.3. The highest BCUT2D eigenvalue weighted by molar-refractivity contribution is 5.82. The number of ether oxygens (including phenoxy) is 1. The first-order chi connectivity index (χ1) is 9.45. The molecular weight excluding hydrogens is 273 g/mol. The number of aromatic amines is 1. The molecule has 1 N–H and O–H groups in total. The molecule has 0 aliphatic carbocycles. The fourth-order valence-corrected chi connectivity index (χ4v) is 2.43. The standard InChI is InChI=1S/C13H11F3N2O2/c14-13(15,16)8-1-2-9-10(5-8)17-12(19)18-11(9)7-3-4-20-6-7/h1-2,5,7H,3-4,6H2,(H,17,18,19). The fraction of sp³-hybridized carbons (Fsp3) is 0.385. The summed E-state index contributed by atoms with van der Waals surface area (Å²) in [5.41, 5.74) is -0.785. The topological polar surface area (TPSA) is 55.0 Å². The molecule has 2 aromatic rings. The van der Waals surface area contributed by atoms with E-state index in [4.69, 9.17) is 4.74 Å². The summed E-state index contributed by atoms with van der Waals surface area (Å²) >= 11 is 0. The molecule has 1 aliphatic rings. The molecule has 7 heteroatoms. The second kappa shape index (κ2) is 4.59. The summed E-state index contributed by atoms with van der Waals surface area (Å²) in [6.45, 7) is 1.03. The minimum atomic E-state index is -4.45. The molecule has 1 aromatic heterocycles. The Balaban J connectivity index is 2.19. The lowest BCUT2D eigenvalue weighted by Crippen LogP contribution is -2.16. The molecule has 4 nitrogen and oxygen atoms in total. The SMILES string of the molecule is O=c1nc2cc(C(F)(F)F)ccc2c(C2CCOC2)[nH]1. The van der Waals surface area contributed by atoms with E-state index in [0.29, 0.717) is 24.3 Å². The van der Waals surface area contributed by atoms with Gasteiger partial charge in [-0.2, -0.15) is 18.2 Å². The zero-order chi connectivity index (χ0) is 14.3. The van der Waals surface area contributed by atoms with Crippen molar-refractivity contribution in [2.75, 3.05) is 13.2 Å². The van der Waals surface area contributed by atoms with Gasteiger partial charge in [-0.05, 0) is 18.6 Å². The van der Waals surface area contributed by atoms with Crippen molar-refractivity contribution in [1.82, 2.24) is 9.97 Å². The molecule has 0 bridgehead atoms. The number of hydrogen-bond acceptors (Lipinski definition) is 3. The van der Waals surface area contributed by atoms with Crippen LogP contribution in [0.2, 0.25) is 0 Å². The largest absolute Gasteiger partial charge is 0.416 e. The molecule has 1 atom stereocenters. The van der Waals surface area contributed by atoms with Gasteiger partial charge in [0.1, 0.15) is 0 Å². The third-order valence-corrected chi connectivity index (χ3v) is 3.42. The zero-order valence-electron chi connectivity index (χ0n) is 10.3. The van der Waals surface area contributed by atoms with E-state index in [2.05, 4.69) is 9.97 Å². The molecule has 20 heavy (non-hydrogen) atoms. The number of benzene rings is 1. The predicted molar refractivity (Wildman–Crippen MR) is 65.5 cm³/mol. The molecule has 0 saturated carbocycles. The van der Waals surface area contributed by atoms with Crippen molar-refractivity contribution in [3.63, 3.8) is 0 Å². The number of halogens is 3. The van der Waals surface area contributed by atoms with Crippen LogP contribution >= 0.6 is 0 Å². The van der Waals surface area contributed by atoms with Gasteiger partial charge in [-0.1, -0.05) is 6.07 Å². The number of nitrogens with zero attached hydrogens (tertiary/aromatic N) is 1. The van der Waals surface area contributed by atoms with Gasteiger partial charge in [0.15, 0.2) is 0 Å². The van der Waals surface area contributed by atoms with Crippen molar-refractivity contribution in [2.24, 2.45) is 0 Å². The molecule has 0 spiro atoms. The number of hydrogen-bond donors (Lipinski definition) is 1. The van der Waals surface area contributed by atoms with Gasteiger partial charge in [0.2, 0.25) is 0 Å². The zero-order valence-corrected chi connectivity index (χ0v) is 10.3. The van der Waals surface area contributed by atoms with Crippen LogP contribution in [0.25, 0.3) is 10.9 Å². The average Bonchev–Trinajstić information content (AvgIpc) is 2.89. The van der Waals surface area contributed by atoms with Gasteiger partial charge in [0, 0.05) is 23.6 Å². The van der Waals surface area contributed by atoms with Gasteiger partial charge < -0.3 is 9.72 Å². The Labute approximate surface area is 111 Å². The van der Waals surface area contributed by atoms with Crippen LogP contribution in [-0.4, -0.2) is 23.2 Å². The van der Waals surface area contributed by atoms with Gasteiger partial charge >= 0.3 is 11.9 Å². The van der Waals surface area contributed by atoms with Gasteiger partial charge in [-0.25, -0.2) is 4.79 Å². The minimum Gasteiger partial charge on any atom is -0.381 e. The molecule has 3 rings (SSSR count). The van der Waals surface area contributed by atoms with Crippen LogP contribution in [0.4, 0.5) is 13.2 Å². The maximum Gasteiger partial charge on any atom is 0.416 e. The van der Waals surface area contributed by atoms with Crippen molar-refractivity contribution >= 4 is 10.9 Å². The molecule has 106 valence electrons. The maximum atomic E-state index is 12.7. The summed E-state index contributed by atoms with van der Waals surface area (Å²) in [5.74, 6) is -0.00932. The van der Waals surface area contributed by atoms with Gasteiger partial charge in [0.05, 0.1) is 17.7 Å². The Kier molecular flexibility index (Phi) is 3.01. The summed E-state index contributed by atoms with van der Waals surface area (Å²) in [5, 5.41) is 0.535. The molecule has 1 fully saturated rings. The van der Waals surface area contributed by atoms with Crippen LogP contribution in [0.15, 0.2) is 23.0 Å². The monoisotopic (exact) mass is 284 g/mol. The summed E-state index contributed by atoms with van der Waals surface area (Å²) in [6.07, 6.45) is -3.72. The smallest absolute Gasteiger partial charge is 0.381 e. The van der Waals surface area contributed by atoms with E-state index in [0.717, 1.165) is 18.6 Å². The van der Waals surface area contributed by atoms with E-state index >= 15 is 0 Å². The lowest BCUT2D eigenvalue weighted by atomic mass is 9.99. The first kappa shape index (κ1) is 13.1. The number of alkyl halides is 3. The first-order valence-electron chi connectivity index (χ1n) is 6.14. The van der Waals surface area contributed by atoms with Gasteiger partial charge in [-0.3, -0.25) is 0 Å². The Morgan fingerprint density at radius 1 is 1.35 bits per heavy atom. The highest BCUT2D eigenvalue weighted by Gasteiger charge is 2.31. The fourth-order valence-electron chi connectivity index (χ4n) is 2.43. The molecule has 2 heterocycles. The number of fused-ring (bicyclic) bond motifs is 1. The van der Waals surface area contributed by atoms with E-state index in [1.807, 2.05) is 0 Å². The second-order valence-electron chi connectivity index (χ2n) is 4.75. The average molecular weight is 284 g/mol. The lowest BCUT2D eigenvalue weighted by molar-refractivity contribution is -0.137. The third-order valence-electron chi connectivity index (χ3n) is 3.42. The highest BCUT2D eigenvalue weighted by Crippen LogP contribution is 2.33. The maximum absolute atomic E-state index is 12.7. The number of rotatable bonds is 1. The van der Waals surface area contributed by atoms with Crippen LogP contribution in [0, 0.1) is 0 Å². The summed E-state index contributed by atoms with van der Waals surface area (Å²) in [4.78, 5) is 17.8. The van der Waals surface area contributed by atoms with E-state index in [9.17, 15) is 18.0 Å². The molecular formula is C13H11F3N2O2. The van der Waals surface area contributed by atoms with E-state index < -0.39 is 17.4 Å². The van der Waals surface area contributed by atoms with Gasteiger partial charge in [0.25, 0.3) is 0 Å². The second-order valence-corrected chi connectivity index (χ2v) is 4.75. The Morgan fingerprint density at radius 2 is 2.15 bits per heavy atom. The van der Waals surface area contributed by atoms with Crippen LogP contribution in [0.5, 0.6) is 0 Å². The summed E-state index contributed by atoms with van der Waals surface area (Å²) in [7, 11) is 0. The number of H-pyrrole nitrogens is 1. The molecule has 1 aromatic carbocycles. The van der Waals surface area contributed by atoms with Crippen molar-refractivity contribution in [3.8, 4) is 0 Å². The first-order valence-corrected chi connectivity index (χ1v) is 6.14.